The average Bonchev–Trinajstić information content (AvgIpc) is 2.61. The topological polar surface area (TPSA) is 92.3 Å². The van der Waals surface area contributed by atoms with E-state index in [1.54, 1.807) is 0 Å². The van der Waals surface area contributed by atoms with E-state index in [9.17, 15) is 20.0 Å². The molecule has 6 nitrogen and oxygen atoms in total. The van der Waals surface area contributed by atoms with Gasteiger partial charge in [-0.05, 0) is 24.6 Å². The van der Waals surface area contributed by atoms with Crippen LogP contribution in [0.3, 0.4) is 0 Å². The summed E-state index contributed by atoms with van der Waals surface area (Å²) >= 11 is 5.97. The zero-order chi connectivity index (χ0) is 22.1. The summed E-state index contributed by atoms with van der Waals surface area (Å²) < 4.78 is 43.2. The number of hydrogen-bond donors (Lipinski definition) is 1. The monoisotopic (exact) mass is 351 g/mol. The van der Waals surface area contributed by atoms with Gasteiger partial charge in [0.1, 0.15) is 11.8 Å². The van der Waals surface area contributed by atoms with Crippen LogP contribution in [0.4, 0.5) is 0 Å². The second kappa shape index (κ2) is 7.20. The third kappa shape index (κ3) is 3.26. The van der Waals surface area contributed by atoms with Crippen LogP contribution in [0.5, 0.6) is 5.75 Å². The first-order valence-electron chi connectivity index (χ1n) is 9.08. The molecule has 2 rings (SSSR count). The van der Waals surface area contributed by atoms with E-state index in [-0.39, 0.29) is 27.5 Å². The lowest BCUT2D eigenvalue weighted by molar-refractivity contribution is -0.141. The molecule has 1 aromatic carbocycles. The number of aromatic nitrogens is 1. The molecule has 0 aliphatic rings. The third-order valence-corrected chi connectivity index (χ3v) is 3.54. The molecule has 0 saturated heterocycles. The van der Waals surface area contributed by atoms with Crippen LogP contribution in [-0.2, 0) is 4.79 Å². The lowest BCUT2D eigenvalue weighted by atomic mass is 10.0. The molecule has 1 N–H and O–H groups in total. The van der Waals surface area contributed by atoms with Gasteiger partial charge < -0.3 is 9.84 Å². The van der Waals surface area contributed by atoms with Gasteiger partial charge >= 0.3 is 5.97 Å². The molecule has 1 aromatic heterocycles. The van der Waals surface area contributed by atoms with Crippen molar-refractivity contribution in [1.29, 1.82) is 5.26 Å². The van der Waals surface area contributed by atoms with Crippen molar-refractivity contribution in [2.75, 3.05) is 7.11 Å². The van der Waals surface area contributed by atoms with Crippen molar-refractivity contribution in [3.05, 3.63) is 51.4 Å². The predicted molar refractivity (Wildman–Crippen MR) is 89.4 cm³/mol. The number of nitrogens with zero attached hydrogens (tertiary/aromatic N) is 2. The molecule has 0 bridgehead atoms. The van der Waals surface area contributed by atoms with Crippen LogP contribution in [-0.4, -0.2) is 22.8 Å². The van der Waals surface area contributed by atoms with Crippen LogP contribution in [0.25, 0.3) is 11.1 Å². The second-order valence-corrected chi connectivity index (χ2v) is 5.12. The molecule has 24 heavy (non-hydrogen) atoms. The zero-order valence-electron chi connectivity index (χ0n) is 17.4. The number of benzene rings is 1. The second-order valence-electron chi connectivity index (χ2n) is 4.69. The minimum absolute atomic E-state index is 0.0732. The molecule has 0 amide bonds. The fourth-order valence-corrected chi connectivity index (χ4v) is 2.36. The van der Waals surface area contributed by atoms with Crippen molar-refractivity contribution in [1.82, 2.24) is 4.57 Å². The number of rotatable bonds is 5. The van der Waals surface area contributed by atoms with Crippen molar-refractivity contribution in [3.63, 3.8) is 0 Å². The standard InChI is InChI=1S/C17H15ClN2O4/c1-3-14(17(22)23)20-9-15(24-2)13(7-16(20)21)12-6-11(18)5-4-10(12)8-19/h4-7,9,14H,3H2,1-2H3,(H,22,23)/i1D3,3D2. The van der Waals surface area contributed by atoms with Crippen LogP contribution >= 0.6 is 11.6 Å². The van der Waals surface area contributed by atoms with E-state index in [0.29, 0.717) is 4.57 Å². The number of carboxylic acids is 1. The SMILES string of the molecule is [2H]C([2H])([2H])C([2H])([2H])C(C(=O)O)n1cc(OC)c(-c2cc(Cl)ccc2C#N)cc1=O. The van der Waals surface area contributed by atoms with Gasteiger partial charge in [0.05, 0.1) is 24.9 Å². The van der Waals surface area contributed by atoms with Gasteiger partial charge in [-0.3, -0.25) is 9.36 Å². The minimum Gasteiger partial charge on any atom is -0.495 e. The quantitative estimate of drug-likeness (QED) is 0.893. The van der Waals surface area contributed by atoms with Crippen LogP contribution < -0.4 is 10.3 Å². The van der Waals surface area contributed by atoms with Crippen molar-refractivity contribution in [2.45, 2.75) is 19.3 Å². The number of halogens is 1. The van der Waals surface area contributed by atoms with Crippen molar-refractivity contribution in [3.8, 4) is 22.9 Å². The van der Waals surface area contributed by atoms with Gasteiger partial charge in [0.25, 0.3) is 5.56 Å². The number of aliphatic carboxylic acids is 1. The largest absolute Gasteiger partial charge is 0.495 e. The summed E-state index contributed by atoms with van der Waals surface area (Å²) in [6.45, 7) is -3.32. The summed E-state index contributed by atoms with van der Waals surface area (Å²) in [7, 11) is 1.22. The number of methoxy groups -OCH3 is 1. The van der Waals surface area contributed by atoms with Crippen LogP contribution in [0, 0.1) is 11.3 Å². The number of nitriles is 1. The van der Waals surface area contributed by atoms with E-state index >= 15 is 0 Å². The molecule has 0 spiro atoms. The number of pyridine rings is 1. The molecule has 2 aromatic rings. The highest BCUT2D eigenvalue weighted by Crippen LogP contribution is 2.33. The van der Waals surface area contributed by atoms with Gasteiger partial charge in [-0.15, -0.1) is 0 Å². The molecule has 124 valence electrons. The van der Waals surface area contributed by atoms with Crippen LogP contribution in [0.2, 0.25) is 5.02 Å². The van der Waals surface area contributed by atoms with Crippen molar-refractivity contribution >= 4 is 17.6 Å². The van der Waals surface area contributed by atoms with E-state index in [1.807, 2.05) is 6.07 Å². The molecule has 1 heterocycles. The fourth-order valence-electron chi connectivity index (χ4n) is 2.19. The minimum atomic E-state index is -3.32. The van der Waals surface area contributed by atoms with Crippen LogP contribution in [0.1, 0.15) is 31.7 Å². The first kappa shape index (κ1) is 11.7. The maximum absolute atomic E-state index is 12.7. The predicted octanol–water partition coefficient (Wildman–Crippen LogP) is 3.08. The van der Waals surface area contributed by atoms with Gasteiger partial charge in [0, 0.05) is 29.1 Å². The van der Waals surface area contributed by atoms with Gasteiger partial charge in [0.15, 0.2) is 0 Å². The third-order valence-electron chi connectivity index (χ3n) is 3.31. The molecular formula is C17H15ClN2O4. The van der Waals surface area contributed by atoms with Gasteiger partial charge in [0.2, 0.25) is 0 Å². The maximum atomic E-state index is 12.7. The van der Waals surface area contributed by atoms with E-state index < -0.39 is 30.8 Å². The molecule has 1 atom stereocenters. The summed E-state index contributed by atoms with van der Waals surface area (Å²) in [5.41, 5.74) is -0.471. The smallest absolute Gasteiger partial charge is 0.326 e. The first-order chi connectivity index (χ1) is 13.3. The van der Waals surface area contributed by atoms with E-state index in [1.165, 1.54) is 25.3 Å². The lowest BCUT2D eigenvalue weighted by Gasteiger charge is -2.17. The molecule has 0 radical (unpaired) electrons. The van der Waals surface area contributed by atoms with E-state index in [4.69, 9.17) is 23.2 Å². The Bertz CT molecular complexity index is 1060. The Kier molecular flexibility index (Phi) is 3.51. The van der Waals surface area contributed by atoms with E-state index in [2.05, 4.69) is 0 Å². The number of carboxylic acid groups (broad SMARTS) is 1. The normalized spacial score (nSPS) is 15.8. The summed E-state index contributed by atoms with van der Waals surface area (Å²) in [5, 5.41) is 19.0. The van der Waals surface area contributed by atoms with Gasteiger partial charge in [-0.1, -0.05) is 18.5 Å². The molecule has 7 heteroatoms. The Balaban J connectivity index is 2.80. The highest BCUT2D eigenvalue weighted by atomic mass is 35.5. The number of hydrogen-bond acceptors (Lipinski definition) is 4. The number of carbonyl (C=O) groups is 1. The molecule has 1 unspecified atom stereocenters. The Hall–Kier alpha value is -2.78. The van der Waals surface area contributed by atoms with Gasteiger partial charge in [-0.25, -0.2) is 4.79 Å². The average molecular weight is 352 g/mol. The first-order valence-corrected chi connectivity index (χ1v) is 6.96. The summed E-state index contributed by atoms with van der Waals surface area (Å²) in [6, 6.07) is 4.85. The molecule has 0 saturated carbocycles. The summed E-state index contributed by atoms with van der Waals surface area (Å²) in [5.74, 6) is -1.92. The van der Waals surface area contributed by atoms with E-state index in [0.717, 1.165) is 12.3 Å². The van der Waals surface area contributed by atoms with Crippen molar-refractivity contribution in [2.24, 2.45) is 0 Å². The van der Waals surface area contributed by atoms with Gasteiger partial charge in [-0.2, -0.15) is 5.26 Å². The zero-order valence-corrected chi connectivity index (χ0v) is 13.2. The summed E-state index contributed by atoms with van der Waals surface area (Å²) in [4.78, 5) is 24.4. The Morgan fingerprint density at radius 3 is 2.88 bits per heavy atom. The van der Waals surface area contributed by atoms with Crippen molar-refractivity contribution < 1.29 is 21.5 Å². The molecular weight excluding hydrogens is 332 g/mol. The molecule has 0 aliphatic heterocycles. The lowest BCUT2D eigenvalue weighted by Crippen LogP contribution is -2.29. The highest BCUT2D eigenvalue weighted by Gasteiger charge is 2.21. The molecule has 0 aliphatic carbocycles. The van der Waals surface area contributed by atoms with Crippen LogP contribution in [0.15, 0.2) is 35.3 Å². The fraction of sp³-hybridized carbons (Fsp3) is 0.235. The Morgan fingerprint density at radius 1 is 1.54 bits per heavy atom. The Labute approximate surface area is 150 Å². The Morgan fingerprint density at radius 2 is 2.29 bits per heavy atom. The highest BCUT2D eigenvalue weighted by molar-refractivity contribution is 6.31. The maximum Gasteiger partial charge on any atom is 0.326 e. The molecule has 0 fully saturated rings. The number of ether oxygens (including phenoxy) is 1. The summed E-state index contributed by atoms with van der Waals surface area (Å²) in [6.07, 6.45) is -2.36.